The topological polar surface area (TPSA) is 404 Å². The molecule has 1 aromatic carbocycles. The van der Waals surface area contributed by atoms with Crippen molar-refractivity contribution in [3.8, 4) is 0 Å². The van der Waals surface area contributed by atoms with E-state index in [9.17, 15) is 29.1 Å². The maximum atomic E-state index is 12.3. The number of imidazole rings is 1. The maximum Gasteiger partial charge on any atom is 0.330 e. The third kappa shape index (κ3) is 11.0. The van der Waals surface area contributed by atoms with E-state index in [1.165, 1.54) is 41.7 Å². The number of nitrogens with zero attached hydrogens (tertiary/aromatic N) is 8. The lowest BCUT2D eigenvalue weighted by Gasteiger charge is -2.14. The lowest BCUT2D eigenvalue weighted by molar-refractivity contribution is -0.140. The van der Waals surface area contributed by atoms with Crippen molar-refractivity contribution in [2.75, 3.05) is 29.1 Å². The summed E-state index contributed by atoms with van der Waals surface area (Å²) in [4.78, 5) is 89.8. The zero-order chi connectivity index (χ0) is 42.8. The summed E-state index contributed by atoms with van der Waals surface area (Å²) in [5, 5.41) is 41.8. The number of aromatic amines is 2. The van der Waals surface area contributed by atoms with Crippen molar-refractivity contribution in [2.45, 2.75) is 57.2 Å². The minimum atomic E-state index is -1.30. The van der Waals surface area contributed by atoms with Crippen molar-refractivity contribution in [1.29, 1.82) is 0 Å². The van der Waals surface area contributed by atoms with Crippen LogP contribution in [-0.2, 0) is 20.9 Å². The van der Waals surface area contributed by atoms with Gasteiger partial charge in [-0.15, -0.1) is 0 Å². The molecular formula is C34H39N15O10. The lowest BCUT2D eigenvalue weighted by atomic mass is 10.1. The number of ether oxygens (including phenoxy) is 1. The average Bonchev–Trinajstić information content (AvgIpc) is 3.84. The summed E-state index contributed by atoms with van der Waals surface area (Å²) < 4.78 is 6.54. The van der Waals surface area contributed by atoms with Crippen LogP contribution in [0.5, 0.6) is 0 Å². The van der Waals surface area contributed by atoms with E-state index in [2.05, 4.69) is 55.5 Å². The fourth-order valence-corrected chi connectivity index (χ4v) is 5.40. The van der Waals surface area contributed by atoms with Crippen LogP contribution in [0.2, 0.25) is 0 Å². The number of anilines is 4. The van der Waals surface area contributed by atoms with E-state index in [0.29, 0.717) is 46.0 Å². The highest BCUT2D eigenvalue weighted by Gasteiger charge is 2.35. The molecule has 310 valence electrons. The summed E-state index contributed by atoms with van der Waals surface area (Å²) in [7, 11) is 0. The van der Waals surface area contributed by atoms with Crippen LogP contribution in [0.15, 0.2) is 58.9 Å². The Bertz CT molecular complexity index is 2560. The molecule has 1 saturated heterocycles. The Balaban J connectivity index is 0.000000201. The fourth-order valence-electron chi connectivity index (χ4n) is 5.40. The van der Waals surface area contributed by atoms with Crippen molar-refractivity contribution in [3.63, 3.8) is 0 Å². The molecule has 1 aliphatic rings. The van der Waals surface area contributed by atoms with Gasteiger partial charge in [0.2, 0.25) is 5.95 Å². The van der Waals surface area contributed by atoms with Crippen LogP contribution < -0.4 is 39.1 Å². The van der Waals surface area contributed by atoms with Crippen molar-refractivity contribution in [3.05, 3.63) is 87.0 Å². The summed E-state index contributed by atoms with van der Waals surface area (Å²) in [6.07, 6.45) is 3.27. The lowest BCUT2D eigenvalue weighted by Crippen LogP contribution is -2.41. The normalized spacial score (nSPS) is 16.3. The highest BCUT2D eigenvalue weighted by Crippen LogP contribution is 2.27. The minimum absolute atomic E-state index is 0.0101. The minimum Gasteiger partial charge on any atom is -0.481 e. The number of carboxylic acids is 2. The number of benzene rings is 1. The van der Waals surface area contributed by atoms with Gasteiger partial charge in [0.15, 0.2) is 28.4 Å². The highest BCUT2D eigenvalue weighted by atomic mass is 16.5. The molecule has 14 N–H and O–H groups in total. The smallest absolute Gasteiger partial charge is 0.330 e. The Morgan fingerprint density at radius 1 is 1.00 bits per heavy atom. The van der Waals surface area contributed by atoms with Crippen molar-refractivity contribution in [1.82, 2.24) is 54.7 Å². The molecule has 6 aromatic rings. The number of nitrogens with one attached hydrogen (secondary N) is 4. The van der Waals surface area contributed by atoms with Crippen LogP contribution in [0, 0.1) is 6.92 Å². The summed E-state index contributed by atoms with van der Waals surface area (Å²) in [5.74, 6) is -2.50. The van der Waals surface area contributed by atoms with Gasteiger partial charge in [-0.05, 0) is 37.6 Å². The molecular weight excluding hydrogens is 778 g/mol. The fraction of sp³-hybridized carbons (Fsp3) is 0.294. The van der Waals surface area contributed by atoms with Crippen LogP contribution in [0.25, 0.3) is 22.3 Å². The van der Waals surface area contributed by atoms with Crippen LogP contribution >= 0.6 is 0 Å². The second-order valence-electron chi connectivity index (χ2n) is 12.7. The molecule has 1 unspecified atom stereocenters. The number of aliphatic hydroxyl groups excluding tert-OH is 2. The van der Waals surface area contributed by atoms with E-state index in [0.717, 1.165) is 0 Å². The molecule has 25 nitrogen and oxygen atoms in total. The number of carbonyl (C=O) groups is 3. The van der Waals surface area contributed by atoms with Gasteiger partial charge in [-0.1, -0.05) is 0 Å². The second kappa shape index (κ2) is 19.0. The molecule has 1 amide bonds. The average molecular weight is 818 g/mol. The van der Waals surface area contributed by atoms with E-state index < -0.39 is 53.6 Å². The predicted octanol–water partition coefficient (Wildman–Crippen LogP) is -1.34. The summed E-state index contributed by atoms with van der Waals surface area (Å²) in [6, 6.07) is 4.99. The van der Waals surface area contributed by atoms with Gasteiger partial charge in [-0.2, -0.15) is 9.97 Å². The molecule has 0 bridgehead atoms. The van der Waals surface area contributed by atoms with Crippen LogP contribution in [0.4, 0.5) is 23.3 Å². The maximum absolute atomic E-state index is 12.3. The molecule has 25 heteroatoms. The van der Waals surface area contributed by atoms with E-state index in [-0.39, 0.29) is 48.8 Å². The first-order chi connectivity index (χ1) is 28.1. The number of nitrogens with two attached hydrogens (primary N) is 3. The number of carbonyl (C=O) groups excluding carboxylic acids is 1. The van der Waals surface area contributed by atoms with E-state index >= 15 is 0 Å². The summed E-state index contributed by atoms with van der Waals surface area (Å²) >= 11 is 0. The largest absolute Gasteiger partial charge is 0.481 e. The van der Waals surface area contributed by atoms with Crippen molar-refractivity contribution < 1.29 is 39.5 Å². The molecule has 4 atom stereocenters. The number of H-pyrrole nitrogens is 2. The molecule has 6 heterocycles. The van der Waals surface area contributed by atoms with Gasteiger partial charge in [0.1, 0.15) is 30.2 Å². The number of carboxylic acid groups (broad SMARTS) is 2. The Kier molecular flexibility index (Phi) is 13.7. The standard InChI is InChI=1S/C19H20N8O5.C10H14N2O5.C5H5N5/c20-15-14-16(27-19(21)26-15)23-8-11(24-14)7-22-10-3-1-9(2-4-10)17(30)25-12(18(31)32)5-6-13(28)29;1-5-3-12(10(16)11-9(5)15)8-2-6(14)7(4-13)17-8;6-4-3-5(9-1-7-3)10-2-8-4/h1-4,8,12,22H,5-7H2,(H,25,30)(H,28,29)(H,31,32)(H4,20,21,23,26,27);3,6-8,13-14H,2,4H2,1H3,(H,11,15,16);1-2H,(H3,6,7,8,9,10)/t;6-,7+,8+;/m.0./s1. The molecule has 7 rings (SSSR count). The van der Waals surface area contributed by atoms with Gasteiger partial charge in [0.25, 0.3) is 11.5 Å². The third-order valence-corrected chi connectivity index (χ3v) is 8.46. The van der Waals surface area contributed by atoms with Gasteiger partial charge in [-0.25, -0.2) is 34.5 Å². The first-order valence-corrected chi connectivity index (χ1v) is 17.4. The predicted molar refractivity (Wildman–Crippen MR) is 207 cm³/mol. The van der Waals surface area contributed by atoms with Gasteiger partial charge in [0.05, 0.1) is 37.5 Å². The van der Waals surface area contributed by atoms with E-state index in [4.69, 9.17) is 37.3 Å². The zero-order valence-corrected chi connectivity index (χ0v) is 31.0. The Hall–Kier alpha value is -7.64. The first-order valence-electron chi connectivity index (χ1n) is 17.4. The van der Waals surface area contributed by atoms with E-state index in [1.807, 2.05) is 0 Å². The number of rotatable bonds is 11. The van der Waals surface area contributed by atoms with Crippen molar-refractivity contribution in [2.24, 2.45) is 0 Å². The Labute approximate surface area is 330 Å². The third-order valence-electron chi connectivity index (χ3n) is 8.46. The second-order valence-corrected chi connectivity index (χ2v) is 12.7. The number of nitrogen functional groups attached to an aromatic ring is 3. The number of fused-ring (bicyclic) bond motifs is 2. The number of aliphatic carboxylic acids is 2. The number of amides is 1. The molecule has 0 spiro atoms. The van der Waals surface area contributed by atoms with Gasteiger partial charge < -0.3 is 58.0 Å². The van der Waals surface area contributed by atoms with Crippen molar-refractivity contribution >= 4 is 63.4 Å². The quantitative estimate of drug-likeness (QED) is 0.0721. The number of aliphatic hydroxyl groups is 2. The Morgan fingerprint density at radius 3 is 2.41 bits per heavy atom. The summed E-state index contributed by atoms with van der Waals surface area (Å²) in [6.45, 7) is 1.56. The SMILES string of the molecule is Cc1cn([C@H]2C[C@H](O)[C@@H](CO)O2)c(=O)[nH]c1=O.Nc1nc(N)c2nc(CNc3ccc(C(=O)NC(CCC(=O)O)C(=O)O)cc3)cnc2n1.Nc1ncnc2nc[nH]c12. The molecule has 0 saturated carbocycles. The van der Waals surface area contributed by atoms with Gasteiger partial charge in [-0.3, -0.25) is 23.9 Å². The monoisotopic (exact) mass is 817 g/mol. The zero-order valence-electron chi connectivity index (χ0n) is 31.0. The molecule has 5 aromatic heterocycles. The number of hydrogen-bond donors (Lipinski definition) is 11. The molecule has 59 heavy (non-hydrogen) atoms. The number of aromatic nitrogens is 10. The number of aryl methyl sites for hydroxylation is 1. The molecule has 0 radical (unpaired) electrons. The number of hydrogen-bond acceptors (Lipinski definition) is 19. The highest BCUT2D eigenvalue weighted by molar-refractivity contribution is 5.97. The Morgan fingerprint density at radius 2 is 1.75 bits per heavy atom. The first kappa shape index (κ1) is 42.5. The molecule has 1 aliphatic heterocycles. The van der Waals surface area contributed by atoms with Crippen LogP contribution in [-0.4, -0.2) is 113 Å². The van der Waals surface area contributed by atoms with Gasteiger partial charge >= 0.3 is 17.6 Å². The molecule has 1 fully saturated rings. The van der Waals surface area contributed by atoms with Crippen LogP contribution in [0.3, 0.4) is 0 Å². The van der Waals surface area contributed by atoms with Gasteiger partial charge in [0, 0.05) is 35.9 Å². The van der Waals surface area contributed by atoms with E-state index in [1.54, 1.807) is 19.1 Å². The van der Waals surface area contributed by atoms with Crippen LogP contribution in [0.1, 0.15) is 47.1 Å². The molecule has 0 aliphatic carbocycles. The summed E-state index contributed by atoms with van der Waals surface area (Å²) in [5.41, 5.74) is 19.6.